The summed E-state index contributed by atoms with van der Waals surface area (Å²) in [5.74, 6) is 0.575. The molecule has 10 heteroatoms. The number of nitro groups is 1. The van der Waals surface area contributed by atoms with E-state index in [1.54, 1.807) is 30.3 Å². The molecule has 0 amide bonds. The van der Waals surface area contributed by atoms with E-state index in [4.69, 9.17) is 4.74 Å². The maximum absolute atomic E-state index is 12.6. The van der Waals surface area contributed by atoms with Gasteiger partial charge in [-0.1, -0.05) is 0 Å². The lowest BCUT2D eigenvalue weighted by Crippen LogP contribution is -2.04. The molecule has 31 heavy (non-hydrogen) atoms. The molecular weight excluding hydrogens is 479 g/mol. The highest BCUT2D eigenvalue weighted by molar-refractivity contribution is 9.10. The molecule has 0 bridgehead atoms. The van der Waals surface area contributed by atoms with Gasteiger partial charge in [0.15, 0.2) is 0 Å². The van der Waals surface area contributed by atoms with E-state index in [0.717, 1.165) is 23.3 Å². The third-order valence-electron chi connectivity index (χ3n) is 4.12. The fourth-order valence-electron chi connectivity index (χ4n) is 2.50. The van der Waals surface area contributed by atoms with E-state index >= 15 is 0 Å². The Morgan fingerprint density at radius 2 is 1.74 bits per heavy atom. The average molecular weight is 494 g/mol. The maximum atomic E-state index is 12.6. The Morgan fingerprint density at radius 3 is 2.32 bits per heavy atom. The molecule has 0 saturated heterocycles. The van der Waals surface area contributed by atoms with Crippen molar-refractivity contribution in [3.8, 4) is 5.75 Å². The Labute approximate surface area is 183 Å². The first-order valence-electron chi connectivity index (χ1n) is 8.84. The summed E-state index contributed by atoms with van der Waals surface area (Å²) < 4.78 is 44.1. The number of hydrogen-bond acceptors (Lipinski definition) is 5. The second-order valence-corrected chi connectivity index (χ2v) is 7.20. The molecule has 6 nitrogen and oxygen atoms in total. The number of anilines is 1. The summed E-state index contributed by atoms with van der Waals surface area (Å²) in [5, 5.41) is 14.7. The van der Waals surface area contributed by atoms with Gasteiger partial charge in [0.2, 0.25) is 0 Å². The molecule has 0 aliphatic carbocycles. The number of nitro benzene ring substituents is 1. The molecule has 0 unspecified atom stereocenters. The van der Waals surface area contributed by atoms with Crippen LogP contribution in [-0.4, -0.2) is 11.1 Å². The van der Waals surface area contributed by atoms with E-state index in [2.05, 4.69) is 26.5 Å². The summed E-state index contributed by atoms with van der Waals surface area (Å²) in [6, 6.07) is 15.9. The molecular formula is C21H15BrF3N3O3. The lowest BCUT2D eigenvalue weighted by molar-refractivity contribution is -0.384. The van der Waals surface area contributed by atoms with E-state index in [1.165, 1.54) is 30.5 Å². The number of halogens is 4. The van der Waals surface area contributed by atoms with Crippen LogP contribution in [0.4, 0.5) is 24.5 Å². The Balaban J connectivity index is 1.56. The molecule has 3 aromatic rings. The van der Waals surface area contributed by atoms with Crippen LogP contribution in [0.5, 0.6) is 5.75 Å². The van der Waals surface area contributed by atoms with Crippen molar-refractivity contribution < 1.29 is 22.8 Å². The molecule has 1 N–H and O–H groups in total. The predicted octanol–water partition coefficient (Wildman–Crippen LogP) is 6.40. The number of ether oxygens (including phenoxy) is 1. The number of rotatable bonds is 7. The minimum Gasteiger partial charge on any atom is -0.488 e. The summed E-state index contributed by atoms with van der Waals surface area (Å²) in [6.45, 7) is 0.236. The zero-order chi connectivity index (χ0) is 22.4. The van der Waals surface area contributed by atoms with Gasteiger partial charge in [0.1, 0.15) is 12.4 Å². The molecule has 0 atom stereocenters. The number of non-ortho nitro benzene ring substituents is 1. The van der Waals surface area contributed by atoms with Crippen molar-refractivity contribution in [1.29, 1.82) is 0 Å². The summed E-state index contributed by atoms with van der Waals surface area (Å²) in [6.07, 6.45) is -2.86. The largest absolute Gasteiger partial charge is 0.488 e. The van der Waals surface area contributed by atoms with Crippen LogP contribution in [0.25, 0.3) is 0 Å². The van der Waals surface area contributed by atoms with E-state index in [9.17, 15) is 23.3 Å². The number of nitrogens with zero attached hydrogens (tertiary/aromatic N) is 2. The number of alkyl halides is 3. The van der Waals surface area contributed by atoms with Gasteiger partial charge in [0, 0.05) is 12.1 Å². The smallest absolute Gasteiger partial charge is 0.416 e. The lowest BCUT2D eigenvalue weighted by Gasteiger charge is -2.09. The molecule has 160 valence electrons. The van der Waals surface area contributed by atoms with Gasteiger partial charge in [0.05, 0.1) is 26.9 Å². The van der Waals surface area contributed by atoms with E-state index in [0.29, 0.717) is 15.9 Å². The summed E-state index contributed by atoms with van der Waals surface area (Å²) in [7, 11) is 0. The van der Waals surface area contributed by atoms with Crippen LogP contribution >= 0.6 is 15.9 Å². The van der Waals surface area contributed by atoms with Crippen molar-refractivity contribution in [3.05, 3.63) is 98.0 Å². The van der Waals surface area contributed by atoms with Crippen molar-refractivity contribution in [2.75, 3.05) is 5.43 Å². The van der Waals surface area contributed by atoms with Gasteiger partial charge in [-0.2, -0.15) is 18.3 Å². The monoisotopic (exact) mass is 493 g/mol. The molecule has 3 rings (SSSR count). The quantitative estimate of drug-likeness (QED) is 0.234. The second-order valence-electron chi connectivity index (χ2n) is 6.35. The normalized spacial score (nSPS) is 11.5. The minimum atomic E-state index is -4.38. The van der Waals surface area contributed by atoms with Gasteiger partial charge in [-0.15, -0.1) is 0 Å². The first-order chi connectivity index (χ1) is 14.7. The summed E-state index contributed by atoms with van der Waals surface area (Å²) in [5.41, 5.74) is 3.89. The molecule has 0 aromatic heterocycles. The zero-order valence-electron chi connectivity index (χ0n) is 15.8. The van der Waals surface area contributed by atoms with E-state index in [-0.39, 0.29) is 12.3 Å². The number of hydrogen-bond donors (Lipinski definition) is 1. The maximum Gasteiger partial charge on any atom is 0.416 e. The van der Waals surface area contributed by atoms with Gasteiger partial charge in [-0.3, -0.25) is 15.5 Å². The summed E-state index contributed by atoms with van der Waals surface area (Å²) in [4.78, 5) is 10.2. The van der Waals surface area contributed by atoms with Crippen LogP contribution < -0.4 is 10.2 Å². The molecule has 0 radical (unpaired) electrons. The number of nitrogens with one attached hydrogen (secondary N) is 1. The van der Waals surface area contributed by atoms with Crippen molar-refractivity contribution in [2.24, 2.45) is 5.10 Å². The van der Waals surface area contributed by atoms with Crippen LogP contribution in [0.3, 0.4) is 0 Å². The van der Waals surface area contributed by atoms with E-state index in [1.807, 2.05) is 0 Å². The van der Waals surface area contributed by atoms with Crippen molar-refractivity contribution >= 4 is 33.5 Å². The SMILES string of the molecule is O=[N+]([O-])c1ccc(COc2ccc(/C=N/Nc3ccc(C(F)(F)F)cc3)cc2Br)cc1. The van der Waals surface area contributed by atoms with Gasteiger partial charge in [-0.25, -0.2) is 0 Å². The first kappa shape index (κ1) is 22.3. The van der Waals surface area contributed by atoms with Crippen LogP contribution in [0.15, 0.2) is 76.3 Å². The highest BCUT2D eigenvalue weighted by Crippen LogP contribution is 2.30. The molecule has 0 aliphatic rings. The zero-order valence-corrected chi connectivity index (χ0v) is 17.4. The number of hydrazone groups is 1. The Morgan fingerprint density at radius 1 is 1.06 bits per heavy atom. The molecule has 3 aromatic carbocycles. The van der Waals surface area contributed by atoms with Gasteiger partial charge < -0.3 is 4.74 Å². The lowest BCUT2D eigenvalue weighted by atomic mass is 10.2. The number of benzene rings is 3. The highest BCUT2D eigenvalue weighted by Gasteiger charge is 2.29. The second kappa shape index (κ2) is 9.61. The van der Waals surface area contributed by atoms with Gasteiger partial charge in [-0.05, 0) is 81.7 Å². The Bertz CT molecular complexity index is 1090. The molecule has 0 fully saturated rings. The minimum absolute atomic E-state index is 0.0125. The Kier molecular flexibility index (Phi) is 6.91. The fraction of sp³-hybridized carbons (Fsp3) is 0.0952. The third kappa shape index (κ3) is 6.29. The van der Waals surface area contributed by atoms with E-state index < -0.39 is 16.7 Å². The summed E-state index contributed by atoms with van der Waals surface area (Å²) >= 11 is 3.41. The topological polar surface area (TPSA) is 76.8 Å². The standard InChI is InChI=1S/C21H15BrF3N3O3/c22-19-11-15(12-26-27-17-6-4-16(5-7-17)21(23,24)25)3-10-20(19)31-13-14-1-8-18(9-2-14)28(29)30/h1-12,27H,13H2/b26-12+. The average Bonchev–Trinajstić information content (AvgIpc) is 2.73. The highest BCUT2D eigenvalue weighted by atomic mass is 79.9. The predicted molar refractivity (Wildman–Crippen MR) is 114 cm³/mol. The molecule has 0 aliphatic heterocycles. The fourth-order valence-corrected chi connectivity index (χ4v) is 3.02. The van der Waals surface area contributed by atoms with Crippen molar-refractivity contribution in [2.45, 2.75) is 12.8 Å². The third-order valence-corrected chi connectivity index (χ3v) is 4.74. The van der Waals surface area contributed by atoms with Crippen molar-refractivity contribution in [1.82, 2.24) is 0 Å². The van der Waals surface area contributed by atoms with Crippen LogP contribution in [0.1, 0.15) is 16.7 Å². The van der Waals surface area contributed by atoms with Crippen LogP contribution in [-0.2, 0) is 12.8 Å². The van der Waals surface area contributed by atoms with Gasteiger partial charge in [0.25, 0.3) is 5.69 Å². The van der Waals surface area contributed by atoms with Gasteiger partial charge >= 0.3 is 6.18 Å². The first-order valence-corrected chi connectivity index (χ1v) is 9.64. The Hall–Kier alpha value is -3.40. The molecule has 0 spiro atoms. The molecule has 0 saturated carbocycles. The van der Waals surface area contributed by atoms with Crippen LogP contribution in [0.2, 0.25) is 0 Å². The van der Waals surface area contributed by atoms with Crippen molar-refractivity contribution in [3.63, 3.8) is 0 Å². The van der Waals surface area contributed by atoms with Crippen LogP contribution in [0, 0.1) is 10.1 Å². The molecule has 0 heterocycles.